The number of nitrogens with one attached hydrogen (secondary N) is 2. The molecule has 0 saturated carbocycles. The van der Waals surface area contributed by atoms with Crippen molar-refractivity contribution in [2.24, 2.45) is 0 Å². The zero-order valence-corrected chi connectivity index (χ0v) is 29.6. The van der Waals surface area contributed by atoms with Crippen LogP contribution in [0.15, 0.2) is 36.4 Å². The fourth-order valence-corrected chi connectivity index (χ4v) is 8.61. The number of aryl methyl sites for hydroxylation is 1. The monoisotopic (exact) mass is 700 g/mol. The molecule has 3 aromatic rings. The molecule has 1 unspecified atom stereocenters. The number of aromatic hydroxyl groups is 1. The maximum Gasteiger partial charge on any atom is 0.308 e. The second-order valence-corrected chi connectivity index (χ2v) is 13.9. The van der Waals surface area contributed by atoms with Crippen molar-refractivity contribution in [2.75, 3.05) is 27.5 Å². The highest BCUT2D eigenvalue weighted by Gasteiger charge is 2.56. The third-order valence-electron chi connectivity index (χ3n) is 10.8. The van der Waals surface area contributed by atoms with Crippen LogP contribution in [0.3, 0.4) is 0 Å². The first-order valence-corrected chi connectivity index (χ1v) is 17.2. The van der Waals surface area contributed by atoms with Gasteiger partial charge in [0.15, 0.2) is 23.0 Å². The zero-order valence-electron chi connectivity index (χ0n) is 29.6. The van der Waals surface area contributed by atoms with Gasteiger partial charge in [-0.1, -0.05) is 36.4 Å². The van der Waals surface area contributed by atoms with Gasteiger partial charge in [0.1, 0.15) is 18.0 Å². The number of esters is 1. The van der Waals surface area contributed by atoms with Crippen molar-refractivity contribution >= 4 is 17.8 Å². The van der Waals surface area contributed by atoms with Gasteiger partial charge in [0, 0.05) is 41.8 Å². The molecule has 4 N–H and O–H groups in total. The SMILES string of the molecule is COc1c(C)cc2c(c1O)[C@@H]1C3Cc4c(OC(C)=O)c(C)c5c(c4[C@H](CNC(=O)[C@H](C)NC(=O)Cc4ccccc4)N3[C@@H](O)[C@@H](C2)N1C)OCO5. The summed E-state index contributed by atoms with van der Waals surface area (Å²) in [5.41, 5.74) is 5.21. The highest BCUT2D eigenvalue weighted by atomic mass is 16.7. The number of ether oxygens (including phenoxy) is 4. The number of phenols is 1. The van der Waals surface area contributed by atoms with Gasteiger partial charge in [0.2, 0.25) is 18.6 Å². The molecule has 51 heavy (non-hydrogen) atoms. The number of amides is 2. The van der Waals surface area contributed by atoms with Gasteiger partial charge in [0.25, 0.3) is 0 Å². The van der Waals surface area contributed by atoms with Gasteiger partial charge in [-0.25, -0.2) is 0 Å². The quantitative estimate of drug-likeness (QED) is 0.202. The molecule has 4 heterocycles. The number of hydrogen-bond donors (Lipinski definition) is 4. The number of phenolic OH excluding ortho intramolecular Hbond substituents is 1. The normalized spacial score (nSPS) is 23.7. The summed E-state index contributed by atoms with van der Waals surface area (Å²) in [7, 11) is 3.47. The summed E-state index contributed by atoms with van der Waals surface area (Å²) in [6.07, 6.45) is -0.0818. The molecule has 7 rings (SSSR count). The molecule has 0 radical (unpaired) electrons. The lowest BCUT2D eigenvalue weighted by Crippen LogP contribution is -2.69. The number of rotatable bonds is 8. The molecule has 2 bridgehead atoms. The lowest BCUT2D eigenvalue weighted by atomic mass is 9.73. The van der Waals surface area contributed by atoms with Crippen molar-refractivity contribution in [2.45, 2.75) is 83.4 Å². The van der Waals surface area contributed by atoms with Crippen LogP contribution in [0.1, 0.15) is 64.9 Å². The Labute approximate surface area is 296 Å². The van der Waals surface area contributed by atoms with Crippen LogP contribution >= 0.6 is 0 Å². The Morgan fingerprint density at radius 3 is 2.47 bits per heavy atom. The van der Waals surface area contributed by atoms with E-state index in [0.717, 1.165) is 16.7 Å². The number of fused-ring (bicyclic) bond motifs is 9. The summed E-state index contributed by atoms with van der Waals surface area (Å²) in [6, 6.07) is 8.55. The van der Waals surface area contributed by atoms with Crippen molar-refractivity contribution in [1.82, 2.24) is 20.4 Å². The van der Waals surface area contributed by atoms with E-state index in [2.05, 4.69) is 15.5 Å². The number of carbonyl (C=O) groups is 3. The van der Waals surface area contributed by atoms with Crippen LogP contribution in [0.2, 0.25) is 0 Å². The van der Waals surface area contributed by atoms with Crippen molar-refractivity contribution in [3.8, 4) is 28.7 Å². The molecule has 4 aliphatic heterocycles. The van der Waals surface area contributed by atoms with Crippen molar-refractivity contribution in [3.05, 3.63) is 75.3 Å². The average molecular weight is 701 g/mol. The molecule has 6 atom stereocenters. The van der Waals surface area contributed by atoms with Crippen molar-refractivity contribution in [3.63, 3.8) is 0 Å². The maximum atomic E-state index is 13.6. The molecular formula is C38H44N4O9. The van der Waals surface area contributed by atoms with Gasteiger partial charge >= 0.3 is 5.97 Å². The Hall–Kier alpha value is -4.85. The summed E-state index contributed by atoms with van der Waals surface area (Å²) in [6.45, 7) is 6.63. The molecule has 270 valence electrons. The number of aliphatic hydroxyl groups excluding tert-OH is 1. The number of carbonyl (C=O) groups excluding carboxylic acids is 3. The predicted octanol–water partition coefficient (Wildman–Crippen LogP) is 2.73. The molecule has 1 saturated heterocycles. The molecule has 1 fully saturated rings. The first-order chi connectivity index (χ1) is 24.4. The van der Waals surface area contributed by atoms with E-state index in [-0.39, 0.29) is 37.5 Å². The minimum absolute atomic E-state index is 0.0237. The smallest absolute Gasteiger partial charge is 0.308 e. The molecule has 3 aromatic carbocycles. The van der Waals surface area contributed by atoms with Crippen LogP contribution in [0.5, 0.6) is 28.7 Å². The number of piperazine rings is 1. The standard InChI is InChI=1S/C38H44N4O9/c1-18-12-23-14-26-38(47)42-25(31(41(26)5)29(23)32(45)33(18)48-6)15-24-30(36-35(49-17-50-36)19(2)34(24)51-21(4)43)27(42)16-39-37(46)20(3)40-28(44)13-22-10-8-7-9-11-22/h7-12,20,25-27,31,38,45,47H,13-17H2,1-6H3,(H,39,46)(H,40,44)/t20-,25?,26+,27-,31-,38-/m0/s1. The minimum atomic E-state index is -0.997. The third-order valence-corrected chi connectivity index (χ3v) is 10.8. The Morgan fingerprint density at radius 1 is 1.04 bits per heavy atom. The van der Waals surface area contributed by atoms with Crippen LogP contribution in [0.25, 0.3) is 0 Å². The number of aliphatic hydroxyl groups is 1. The van der Waals surface area contributed by atoms with Gasteiger partial charge in [-0.3, -0.25) is 24.2 Å². The summed E-state index contributed by atoms with van der Waals surface area (Å²) in [5.74, 6) is 0.494. The third kappa shape index (κ3) is 5.82. The van der Waals surface area contributed by atoms with Gasteiger partial charge in [0.05, 0.1) is 31.7 Å². The summed E-state index contributed by atoms with van der Waals surface area (Å²) >= 11 is 0. The fourth-order valence-electron chi connectivity index (χ4n) is 8.61. The molecule has 13 heteroatoms. The molecule has 2 amide bonds. The second-order valence-electron chi connectivity index (χ2n) is 13.9. The van der Waals surface area contributed by atoms with Gasteiger partial charge in [-0.15, -0.1) is 0 Å². The fraction of sp³-hybridized carbons (Fsp3) is 0.447. The number of methoxy groups -OCH3 is 1. The highest BCUT2D eigenvalue weighted by molar-refractivity contribution is 5.88. The topological polar surface area (TPSA) is 159 Å². The molecule has 0 aromatic heterocycles. The van der Waals surface area contributed by atoms with E-state index >= 15 is 0 Å². The van der Waals surface area contributed by atoms with Crippen LogP contribution in [0.4, 0.5) is 0 Å². The zero-order chi connectivity index (χ0) is 36.3. The lowest BCUT2D eigenvalue weighted by Gasteiger charge is -2.60. The van der Waals surface area contributed by atoms with E-state index in [1.807, 2.05) is 62.2 Å². The van der Waals surface area contributed by atoms with E-state index in [9.17, 15) is 24.6 Å². The number of likely N-dealkylation sites (N-methyl/N-ethyl adjacent to an activating group) is 1. The molecule has 0 aliphatic carbocycles. The lowest BCUT2D eigenvalue weighted by molar-refractivity contribution is -0.172. The van der Waals surface area contributed by atoms with Crippen molar-refractivity contribution < 1.29 is 43.5 Å². The van der Waals surface area contributed by atoms with E-state index < -0.39 is 42.3 Å². The van der Waals surface area contributed by atoms with Gasteiger partial charge < -0.3 is 39.8 Å². The van der Waals surface area contributed by atoms with E-state index in [1.54, 1.807) is 6.92 Å². The average Bonchev–Trinajstić information content (AvgIpc) is 3.58. The molecule has 0 spiro atoms. The van der Waals surface area contributed by atoms with E-state index in [4.69, 9.17) is 18.9 Å². The van der Waals surface area contributed by atoms with E-state index in [1.165, 1.54) is 14.0 Å². The number of nitrogens with zero attached hydrogens (tertiary/aromatic N) is 2. The van der Waals surface area contributed by atoms with Crippen LogP contribution in [-0.4, -0.2) is 89.6 Å². The second kappa shape index (κ2) is 13.4. The van der Waals surface area contributed by atoms with Gasteiger partial charge in [-0.05, 0) is 57.4 Å². The molecule has 13 nitrogen and oxygen atoms in total. The Balaban J connectivity index is 1.29. The maximum absolute atomic E-state index is 13.6. The molecular weight excluding hydrogens is 656 g/mol. The number of hydrogen-bond acceptors (Lipinski definition) is 11. The molecule has 4 aliphatic rings. The number of benzene rings is 3. The largest absolute Gasteiger partial charge is 0.504 e. The van der Waals surface area contributed by atoms with Crippen LogP contribution in [0, 0.1) is 13.8 Å². The highest BCUT2D eigenvalue weighted by Crippen LogP contribution is 2.58. The first kappa shape index (κ1) is 34.6. The first-order valence-electron chi connectivity index (χ1n) is 17.2. The summed E-state index contributed by atoms with van der Waals surface area (Å²) in [4.78, 5) is 43.0. The predicted molar refractivity (Wildman–Crippen MR) is 185 cm³/mol. The van der Waals surface area contributed by atoms with Crippen LogP contribution in [-0.2, 0) is 33.6 Å². The van der Waals surface area contributed by atoms with E-state index in [0.29, 0.717) is 58.1 Å². The summed E-state index contributed by atoms with van der Waals surface area (Å²) < 4.78 is 23.5. The summed E-state index contributed by atoms with van der Waals surface area (Å²) in [5, 5.41) is 29.8. The Morgan fingerprint density at radius 2 is 1.76 bits per heavy atom. The Bertz CT molecular complexity index is 1900. The van der Waals surface area contributed by atoms with Crippen molar-refractivity contribution in [1.29, 1.82) is 0 Å². The van der Waals surface area contributed by atoms with Gasteiger partial charge in [-0.2, -0.15) is 0 Å². The van der Waals surface area contributed by atoms with Crippen LogP contribution < -0.4 is 29.6 Å². The Kier molecular flexibility index (Phi) is 9.06. The minimum Gasteiger partial charge on any atom is -0.504 e.